The molecule has 0 saturated carbocycles. The topological polar surface area (TPSA) is 69.9 Å². The van der Waals surface area contributed by atoms with E-state index in [-0.39, 0.29) is 6.04 Å². The Balaban J connectivity index is 1.79. The maximum atomic E-state index is 10.5. The van der Waals surface area contributed by atoms with Crippen molar-refractivity contribution in [2.24, 2.45) is 0 Å². The minimum atomic E-state index is 0.246. The maximum absolute atomic E-state index is 10.5. The predicted molar refractivity (Wildman–Crippen MR) is 94.2 cm³/mol. The quantitative estimate of drug-likeness (QED) is 0.620. The number of pyridine rings is 2. The van der Waals surface area contributed by atoms with E-state index in [9.17, 15) is 4.79 Å². The molecule has 3 aromatic heterocycles. The maximum Gasteiger partial charge on any atom is 0.138 e. The molecule has 3 aromatic rings. The fraction of sp³-hybridized carbons (Fsp3) is 0.263. The number of aromatic nitrogens is 4. The van der Waals surface area contributed by atoms with Crippen LogP contribution >= 0.6 is 0 Å². The minimum Gasteiger partial charge on any atom is -0.487 e. The van der Waals surface area contributed by atoms with Crippen LogP contribution in [0.4, 0.5) is 0 Å². The molecule has 0 amide bonds. The van der Waals surface area contributed by atoms with Crippen molar-refractivity contribution in [1.82, 2.24) is 19.7 Å². The molecule has 0 radical (unpaired) electrons. The van der Waals surface area contributed by atoms with Gasteiger partial charge in [-0.3, -0.25) is 14.6 Å². The summed E-state index contributed by atoms with van der Waals surface area (Å²) in [6, 6.07) is 9.71. The molecule has 0 N–H and O–H groups in total. The summed E-state index contributed by atoms with van der Waals surface area (Å²) in [4.78, 5) is 19.2. The SMILES string of the molecule is CC(C)n1nccc1-c1ncccc1COc1ccc(CC=O)nc1. The number of hydrogen-bond donors (Lipinski definition) is 0. The molecule has 128 valence electrons. The first-order valence-corrected chi connectivity index (χ1v) is 8.18. The highest BCUT2D eigenvalue weighted by Crippen LogP contribution is 2.24. The lowest BCUT2D eigenvalue weighted by molar-refractivity contribution is -0.107. The van der Waals surface area contributed by atoms with Gasteiger partial charge in [-0.2, -0.15) is 5.10 Å². The average Bonchev–Trinajstić information content (AvgIpc) is 3.11. The van der Waals surface area contributed by atoms with E-state index in [2.05, 4.69) is 28.9 Å². The highest BCUT2D eigenvalue weighted by molar-refractivity contribution is 5.59. The van der Waals surface area contributed by atoms with E-state index in [0.717, 1.165) is 28.9 Å². The van der Waals surface area contributed by atoms with Crippen LogP contribution < -0.4 is 4.74 Å². The van der Waals surface area contributed by atoms with Crippen LogP contribution in [0, 0.1) is 0 Å². The molecule has 3 rings (SSSR count). The van der Waals surface area contributed by atoms with E-state index in [4.69, 9.17) is 4.74 Å². The van der Waals surface area contributed by atoms with E-state index in [1.807, 2.05) is 28.9 Å². The average molecular weight is 336 g/mol. The van der Waals surface area contributed by atoms with Gasteiger partial charge in [-0.15, -0.1) is 0 Å². The van der Waals surface area contributed by atoms with Crippen molar-refractivity contribution in [3.8, 4) is 17.1 Å². The molecule has 0 aromatic carbocycles. The molecule has 25 heavy (non-hydrogen) atoms. The van der Waals surface area contributed by atoms with Crippen LogP contribution in [-0.4, -0.2) is 26.0 Å². The standard InChI is InChI=1S/C19H20N4O2/c1-14(2)23-18(7-10-22-23)19-15(4-3-9-20-19)13-25-17-6-5-16(8-11-24)21-12-17/h3-7,9-12,14H,8,13H2,1-2H3. The summed E-state index contributed by atoms with van der Waals surface area (Å²) in [5, 5.41) is 4.38. The van der Waals surface area contributed by atoms with Gasteiger partial charge < -0.3 is 9.53 Å². The lowest BCUT2D eigenvalue weighted by Crippen LogP contribution is -2.07. The molecule has 0 atom stereocenters. The molecular formula is C19H20N4O2. The van der Waals surface area contributed by atoms with Gasteiger partial charge in [-0.25, -0.2) is 0 Å². The number of hydrogen-bond acceptors (Lipinski definition) is 5. The first-order chi connectivity index (χ1) is 12.2. The van der Waals surface area contributed by atoms with Gasteiger partial charge in [0.15, 0.2) is 0 Å². The van der Waals surface area contributed by atoms with Crippen LogP contribution in [0.15, 0.2) is 48.9 Å². The molecule has 0 unspecified atom stereocenters. The minimum absolute atomic E-state index is 0.246. The summed E-state index contributed by atoms with van der Waals surface area (Å²) in [7, 11) is 0. The molecule has 0 fully saturated rings. The lowest BCUT2D eigenvalue weighted by Gasteiger charge is -2.14. The second-order valence-electron chi connectivity index (χ2n) is 5.91. The summed E-state index contributed by atoms with van der Waals surface area (Å²) in [5.74, 6) is 0.654. The molecule has 3 heterocycles. The van der Waals surface area contributed by atoms with Crippen LogP contribution in [0.5, 0.6) is 5.75 Å². The number of carbonyl (C=O) groups is 1. The molecule has 0 bridgehead atoms. The van der Waals surface area contributed by atoms with Crippen LogP contribution in [0.3, 0.4) is 0 Å². The third kappa shape index (κ3) is 3.91. The van der Waals surface area contributed by atoms with Crippen molar-refractivity contribution in [3.05, 3.63) is 60.2 Å². The number of carbonyl (C=O) groups excluding carboxylic acids is 1. The van der Waals surface area contributed by atoms with Crippen LogP contribution in [0.1, 0.15) is 31.1 Å². The summed E-state index contributed by atoms with van der Waals surface area (Å²) in [6.45, 7) is 4.55. The van der Waals surface area contributed by atoms with E-state index in [1.165, 1.54) is 0 Å². The Labute approximate surface area is 146 Å². The first kappa shape index (κ1) is 16.8. The van der Waals surface area contributed by atoms with Crippen molar-refractivity contribution in [2.75, 3.05) is 0 Å². The zero-order valence-corrected chi connectivity index (χ0v) is 14.3. The summed E-state index contributed by atoms with van der Waals surface area (Å²) in [6.07, 6.45) is 6.33. The Hall–Kier alpha value is -3.02. The zero-order valence-electron chi connectivity index (χ0n) is 14.3. The first-order valence-electron chi connectivity index (χ1n) is 8.18. The molecule has 0 spiro atoms. The molecule has 0 saturated heterocycles. The third-order valence-electron chi connectivity index (χ3n) is 3.78. The van der Waals surface area contributed by atoms with Gasteiger partial charge in [0.1, 0.15) is 18.6 Å². The zero-order chi connectivity index (χ0) is 17.6. The Morgan fingerprint density at radius 1 is 1.16 bits per heavy atom. The van der Waals surface area contributed by atoms with Gasteiger partial charge in [0.2, 0.25) is 0 Å². The number of nitrogens with zero attached hydrogens (tertiary/aromatic N) is 4. The second kappa shape index (κ2) is 7.70. The third-order valence-corrected chi connectivity index (χ3v) is 3.78. The monoisotopic (exact) mass is 336 g/mol. The highest BCUT2D eigenvalue weighted by Gasteiger charge is 2.13. The largest absolute Gasteiger partial charge is 0.487 e. The Kier molecular flexibility index (Phi) is 5.18. The number of rotatable bonds is 7. The van der Waals surface area contributed by atoms with Gasteiger partial charge in [0, 0.05) is 36.1 Å². The summed E-state index contributed by atoms with van der Waals surface area (Å²) in [5.41, 5.74) is 3.53. The summed E-state index contributed by atoms with van der Waals surface area (Å²) < 4.78 is 7.79. The molecule has 6 nitrogen and oxygen atoms in total. The van der Waals surface area contributed by atoms with Crippen molar-refractivity contribution >= 4 is 6.29 Å². The van der Waals surface area contributed by atoms with E-state index < -0.39 is 0 Å². The van der Waals surface area contributed by atoms with Crippen LogP contribution in [0.2, 0.25) is 0 Å². The fourth-order valence-electron chi connectivity index (χ4n) is 2.56. The number of ether oxygens (including phenoxy) is 1. The van der Waals surface area contributed by atoms with Gasteiger partial charge >= 0.3 is 0 Å². The lowest BCUT2D eigenvalue weighted by atomic mass is 10.1. The Morgan fingerprint density at radius 3 is 2.76 bits per heavy atom. The molecular weight excluding hydrogens is 316 g/mol. The predicted octanol–water partition coefficient (Wildman–Crippen LogP) is 3.24. The second-order valence-corrected chi connectivity index (χ2v) is 5.91. The Bertz CT molecular complexity index is 841. The smallest absolute Gasteiger partial charge is 0.138 e. The van der Waals surface area contributed by atoms with Crippen molar-refractivity contribution in [2.45, 2.75) is 32.9 Å². The molecule has 0 aliphatic carbocycles. The fourth-order valence-corrected chi connectivity index (χ4v) is 2.56. The van der Waals surface area contributed by atoms with Crippen molar-refractivity contribution < 1.29 is 9.53 Å². The van der Waals surface area contributed by atoms with E-state index in [0.29, 0.717) is 18.8 Å². The van der Waals surface area contributed by atoms with Crippen LogP contribution in [-0.2, 0) is 17.8 Å². The van der Waals surface area contributed by atoms with Gasteiger partial charge in [0.05, 0.1) is 17.6 Å². The normalized spacial score (nSPS) is 10.8. The van der Waals surface area contributed by atoms with Gasteiger partial charge in [0.25, 0.3) is 0 Å². The highest BCUT2D eigenvalue weighted by atomic mass is 16.5. The van der Waals surface area contributed by atoms with Crippen molar-refractivity contribution in [3.63, 3.8) is 0 Å². The van der Waals surface area contributed by atoms with Crippen LogP contribution in [0.25, 0.3) is 11.4 Å². The number of aldehydes is 1. The molecule has 0 aliphatic rings. The van der Waals surface area contributed by atoms with Gasteiger partial charge in [-0.1, -0.05) is 6.07 Å². The molecule has 6 heteroatoms. The van der Waals surface area contributed by atoms with E-state index >= 15 is 0 Å². The Morgan fingerprint density at radius 2 is 2.04 bits per heavy atom. The van der Waals surface area contributed by atoms with E-state index in [1.54, 1.807) is 24.7 Å². The summed E-state index contributed by atoms with van der Waals surface area (Å²) >= 11 is 0. The van der Waals surface area contributed by atoms with Gasteiger partial charge in [-0.05, 0) is 38.1 Å². The molecule has 0 aliphatic heterocycles. The van der Waals surface area contributed by atoms with Crippen molar-refractivity contribution in [1.29, 1.82) is 0 Å².